The van der Waals surface area contributed by atoms with Crippen molar-refractivity contribution in [3.8, 4) is 0 Å². The van der Waals surface area contributed by atoms with Crippen LogP contribution in [0.5, 0.6) is 0 Å². The minimum absolute atomic E-state index is 0.0981. The van der Waals surface area contributed by atoms with E-state index >= 15 is 0 Å². The number of aromatic nitrogens is 2. The summed E-state index contributed by atoms with van der Waals surface area (Å²) in [7, 11) is 1.84. The maximum absolute atomic E-state index is 13.1. The lowest BCUT2D eigenvalue weighted by Gasteiger charge is -2.16. The third-order valence-electron chi connectivity index (χ3n) is 2.84. The predicted molar refractivity (Wildman–Crippen MR) is 68.4 cm³/mol. The molecule has 18 heavy (non-hydrogen) atoms. The smallest absolute Gasteiger partial charge is 0.141 e. The summed E-state index contributed by atoms with van der Waals surface area (Å²) in [6, 6.07) is 6.45. The zero-order chi connectivity index (χ0) is 13.1. The summed E-state index contributed by atoms with van der Waals surface area (Å²) in [5, 5.41) is 4.21. The third kappa shape index (κ3) is 2.69. The van der Waals surface area contributed by atoms with E-state index in [9.17, 15) is 4.39 Å². The summed E-state index contributed by atoms with van der Waals surface area (Å²) < 4.78 is 14.8. The lowest BCUT2D eigenvalue weighted by atomic mass is 10.0. The number of rotatable bonds is 4. The van der Waals surface area contributed by atoms with Crippen LogP contribution in [0.25, 0.3) is 0 Å². The molecule has 3 N–H and O–H groups in total. The molecule has 0 aliphatic carbocycles. The Balaban J connectivity index is 2.20. The molecule has 2 aromatic rings. The van der Waals surface area contributed by atoms with Gasteiger partial charge in [-0.25, -0.2) is 4.39 Å². The van der Waals surface area contributed by atoms with Crippen molar-refractivity contribution in [1.82, 2.24) is 15.2 Å². The zero-order valence-electron chi connectivity index (χ0n) is 9.90. The molecule has 1 aromatic carbocycles. The van der Waals surface area contributed by atoms with Crippen molar-refractivity contribution in [3.63, 3.8) is 0 Å². The Morgan fingerprint density at radius 3 is 2.83 bits per heavy atom. The van der Waals surface area contributed by atoms with Gasteiger partial charge in [0.05, 0.1) is 16.8 Å². The fourth-order valence-corrected chi connectivity index (χ4v) is 2.08. The molecule has 0 aliphatic heterocycles. The Hall–Kier alpha value is -1.43. The number of halogens is 2. The van der Waals surface area contributed by atoms with Gasteiger partial charge in [-0.05, 0) is 30.2 Å². The molecule has 0 aliphatic rings. The highest BCUT2D eigenvalue weighted by Gasteiger charge is 2.14. The van der Waals surface area contributed by atoms with Crippen LogP contribution in [-0.2, 0) is 13.5 Å². The van der Waals surface area contributed by atoms with Crippen molar-refractivity contribution in [3.05, 3.63) is 52.6 Å². The first-order valence-corrected chi connectivity index (χ1v) is 5.87. The first-order valence-electron chi connectivity index (χ1n) is 5.49. The summed E-state index contributed by atoms with van der Waals surface area (Å²) in [5.74, 6) is 5.13. The second-order valence-electron chi connectivity index (χ2n) is 4.05. The second kappa shape index (κ2) is 5.48. The highest BCUT2D eigenvalue weighted by molar-refractivity contribution is 6.30. The lowest BCUT2D eigenvalue weighted by molar-refractivity contribution is 0.508. The third-order valence-corrected chi connectivity index (χ3v) is 3.13. The van der Waals surface area contributed by atoms with Crippen molar-refractivity contribution in [2.45, 2.75) is 12.5 Å². The van der Waals surface area contributed by atoms with Crippen molar-refractivity contribution in [2.75, 3.05) is 0 Å². The molecule has 2 rings (SSSR count). The van der Waals surface area contributed by atoms with Crippen LogP contribution in [0.3, 0.4) is 0 Å². The van der Waals surface area contributed by atoms with Gasteiger partial charge in [-0.2, -0.15) is 5.10 Å². The molecule has 1 aromatic heterocycles. The number of hydrogen-bond acceptors (Lipinski definition) is 3. The fraction of sp³-hybridized carbons (Fsp3) is 0.250. The Bertz CT molecular complexity index is 541. The maximum atomic E-state index is 13.1. The molecule has 0 fully saturated rings. The molecule has 1 unspecified atom stereocenters. The van der Waals surface area contributed by atoms with E-state index in [1.54, 1.807) is 23.0 Å². The maximum Gasteiger partial charge on any atom is 0.141 e. The predicted octanol–water partition coefficient (Wildman–Crippen LogP) is 1.96. The first kappa shape index (κ1) is 13.0. The Kier molecular flexibility index (Phi) is 3.96. The van der Waals surface area contributed by atoms with Crippen molar-refractivity contribution in [2.24, 2.45) is 12.9 Å². The van der Waals surface area contributed by atoms with Crippen LogP contribution >= 0.6 is 11.6 Å². The highest BCUT2D eigenvalue weighted by atomic mass is 35.5. The van der Waals surface area contributed by atoms with Gasteiger partial charge in [0.2, 0.25) is 0 Å². The van der Waals surface area contributed by atoms with Gasteiger partial charge in [0.1, 0.15) is 5.82 Å². The number of nitrogens with one attached hydrogen (secondary N) is 1. The topological polar surface area (TPSA) is 55.9 Å². The SMILES string of the molecule is Cn1nccc1C(Cc1ccc(F)c(Cl)c1)NN. The fourth-order valence-electron chi connectivity index (χ4n) is 1.88. The summed E-state index contributed by atoms with van der Waals surface area (Å²) in [4.78, 5) is 0. The van der Waals surface area contributed by atoms with Crippen LogP contribution in [0.1, 0.15) is 17.3 Å². The van der Waals surface area contributed by atoms with Crippen LogP contribution in [0.4, 0.5) is 4.39 Å². The number of nitrogens with two attached hydrogens (primary N) is 1. The molecular formula is C12H14ClFN4. The van der Waals surface area contributed by atoms with Crippen molar-refractivity contribution >= 4 is 11.6 Å². The van der Waals surface area contributed by atoms with Crippen LogP contribution in [0.15, 0.2) is 30.5 Å². The van der Waals surface area contributed by atoms with E-state index in [4.69, 9.17) is 17.4 Å². The van der Waals surface area contributed by atoms with E-state index in [0.29, 0.717) is 6.42 Å². The van der Waals surface area contributed by atoms with Crippen LogP contribution in [-0.4, -0.2) is 9.78 Å². The van der Waals surface area contributed by atoms with Gasteiger partial charge in [-0.1, -0.05) is 17.7 Å². The van der Waals surface area contributed by atoms with Gasteiger partial charge in [0.25, 0.3) is 0 Å². The molecule has 0 bridgehead atoms. The summed E-state index contributed by atoms with van der Waals surface area (Å²) in [6.07, 6.45) is 2.31. The molecule has 96 valence electrons. The van der Waals surface area contributed by atoms with Gasteiger partial charge < -0.3 is 0 Å². The zero-order valence-corrected chi connectivity index (χ0v) is 10.7. The quantitative estimate of drug-likeness (QED) is 0.658. The van der Waals surface area contributed by atoms with E-state index in [2.05, 4.69) is 10.5 Å². The summed E-state index contributed by atoms with van der Waals surface area (Å²) in [5.41, 5.74) is 4.59. The highest BCUT2D eigenvalue weighted by Crippen LogP contribution is 2.21. The van der Waals surface area contributed by atoms with E-state index in [0.717, 1.165) is 11.3 Å². The largest absolute Gasteiger partial charge is 0.271 e. The van der Waals surface area contributed by atoms with Gasteiger partial charge in [0.15, 0.2) is 0 Å². The van der Waals surface area contributed by atoms with Gasteiger partial charge in [-0.3, -0.25) is 16.0 Å². The normalized spacial score (nSPS) is 12.7. The second-order valence-corrected chi connectivity index (χ2v) is 4.46. The summed E-state index contributed by atoms with van der Waals surface area (Å²) >= 11 is 5.75. The van der Waals surface area contributed by atoms with Crippen LogP contribution in [0.2, 0.25) is 5.02 Å². The molecular weight excluding hydrogens is 255 g/mol. The molecule has 0 saturated carbocycles. The molecule has 0 amide bonds. The minimum atomic E-state index is -0.418. The Labute approximate surface area is 110 Å². The van der Waals surface area contributed by atoms with Gasteiger partial charge in [0, 0.05) is 13.2 Å². The standard InChI is InChI=1S/C12H14ClFN4/c1-18-12(4-5-16-18)11(17-15)7-8-2-3-10(14)9(13)6-8/h2-6,11,17H,7,15H2,1H3. The van der Waals surface area contributed by atoms with Crippen molar-refractivity contribution < 1.29 is 4.39 Å². The molecule has 0 saturated heterocycles. The number of hydrazine groups is 1. The first-order chi connectivity index (χ1) is 8.61. The van der Waals surface area contributed by atoms with Gasteiger partial charge >= 0.3 is 0 Å². The Morgan fingerprint density at radius 1 is 1.50 bits per heavy atom. The van der Waals surface area contributed by atoms with E-state index in [1.165, 1.54) is 6.07 Å². The Morgan fingerprint density at radius 2 is 2.28 bits per heavy atom. The average Bonchev–Trinajstić information content (AvgIpc) is 2.77. The summed E-state index contributed by atoms with van der Waals surface area (Å²) in [6.45, 7) is 0. The van der Waals surface area contributed by atoms with Crippen molar-refractivity contribution in [1.29, 1.82) is 0 Å². The number of aryl methyl sites for hydroxylation is 1. The van der Waals surface area contributed by atoms with E-state index < -0.39 is 5.82 Å². The molecule has 6 heteroatoms. The van der Waals surface area contributed by atoms with Crippen LogP contribution in [0, 0.1) is 5.82 Å². The molecule has 1 atom stereocenters. The number of hydrogen-bond donors (Lipinski definition) is 2. The van der Waals surface area contributed by atoms with E-state index in [-0.39, 0.29) is 11.1 Å². The number of benzene rings is 1. The molecule has 1 heterocycles. The number of nitrogens with zero attached hydrogens (tertiary/aromatic N) is 2. The van der Waals surface area contributed by atoms with Gasteiger partial charge in [-0.15, -0.1) is 0 Å². The minimum Gasteiger partial charge on any atom is -0.271 e. The van der Waals surface area contributed by atoms with Crippen LogP contribution < -0.4 is 11.3 Å². The molecule has 0 radical (unpaired) electrons. The monoisotopic (exact) mass is 268 g/mol. The molecule has 4 nitrogen and oxygen atoms in total. The lowest BCUT2D eigenvalue weighted by Crippen LogP contribution is -2.31. The molecule has 0 spiro atoms. The average molecular weight is 269 g/mol. The van der Waals surface area contributed by atoms with E-state index in [1.807, 2.05) is 13.1 Å².